The third-order valence-corrected chi connectivity index (χ3v) is 6.85. The molecule has 47 heavy (non-hydrogen) atoms. The van der Waals surface area contributed by atoms with Crippen molar-refractivity contribution in [1.29, 1.82) is 26.3 Å². The van der Waals surface area contributed by atoms with Gasteiger partial charge in [0.2, 0.25) is 0 Å². The Morgan fingerprint density at radius 3 is 0.809 bits per heavy atom. The summed E-state index contributed by atoms with van der Waals surface area (Å²) in [4.78, 5) is 0. The first-order valence-corrected chi connectivity index (χ1v) is 12.0. The Balaban J connectivity index is 2.33. The second kappa shape index (κ2) is 11.9. The van der Waals surface area contributed by atoms with E-state index in [0.717, 1.165) is 30.3 Å². The lowest BCUT2D eigenvalue weighted by atomic mass is 9.99. The standard InChI is InChI=1S/C29ClF12N5/c30-17(16-28(41)22(35)10(5-47)23(36)29(16)42)15-11(6(1-43)13-24(37)18(31)8(3-45)19(32)25(13)38)12(15)7(2-44)14-26(39)20(33)9(4-46)21(34)27(14)40. The van der Waals surface area contributed by atoms with Crippen LogP contribution in [-0.4, -0.2) is 0 Å². The lowest BCUT2D eigenvalue weighted by Gasteiger charge is -2.08. The Morgan fingerprint density at radius 1 is 0.362 bits per heavy atom. The Hall–Kier alpha value is -6.22. The zero-order valence-electron chi connectivity index (χ0n) is 21.6. The largest absolute Gasteiger partial charge is 0.203 e. The van der Waals surface area contributed by atoms with Gasteiger partial charge in [0.25, 0.3) is 0 Å². The summed E-state index contributed by atoms with van der Waals surface area (Å²) in [5, 5.41) is 44.3. The normalized spacial score (nSPS) is 14.0. The van der Waals surface area contributed by atoms with Crippen LogP contribution in [0.3, 0.4) is 0 Å². The monoisotopic (exact) mass is 681 g/mol. The van der Waals surface area contributed by atoms with E-state index in [4.69, 9.17) is 27.4 Å². The maximum atomic E-state index is 15.0. The summed E-state index contributed by atoms with van der Waals surface area (Å²) >= 11 is 5.94. The molecule has 3 aromatic carbocycles. The summed E-state index contributed by atoms with van der Waals surface area (Å²) in [5.41, 5.74) is -19.1. The van der Waals surface area contributed by atoms with Gasteiger partial charge in [0.1, 0.15) is 47.0 Å². The molecule has 1 fully saturated rings. The fourth-order valence-electron chi connectivity index (χ4n) is 4.33. The SMILES string of the molecule is N#CC(=C1C(=C(Cl)c2c(F)c(F)c(C#N)c(F)c2F)C1=C(C#N)c1c(F)c(F)c(C#N)c(F)c1F)c1c(F)c(F)c(C#N)c(F)c1F. The average molecular weight is 682 g/mol. The van der Waals surface area contributed by atoms with Crippen LogP contribution >= 0.6 is 11.6 Å². The van der Waals surface area contributed by atoms with Crippen LogP contribution in [0.15, 0.2) is 16.7 Å². The number of halogens is 13. The Kier molecular flexibility index (Phi) is 8.55. The number of hydrogen-bond donors (Lipinski definition) is 0. The molecule has 0 unspecified atom stereocenters. The minimum absolute atomic E-state index is 0.779. The van der Waals surface area contributed by atoms with E-state index in [9.17, 15) is 63.2 Å². The number of benzene rings is 3. The van der Waals surface area contributed by atoms with Crippen LogP contribution in [0.1, 0.15) is 33.4 Å². The molecule has 18 heteroatoms. The van der Waals surface area contributed by atoms with Crippen LogP contribution in [0.5, 0.6) is 0 Å². The molecular weight excluding hydrogens is 682 g/mol. The molecule has 0 N–H and O–H groups in total. The van der Waals surface area contributed by atoms with Gasteiger partial charge in [-0.25, -0.2) is 52.7 Å². The van der Waals surface area contributed by atoms with Crippen LogP contribution in [-0.2, 0) is 0 Å². The van der Waals surface area contributed by atoms with Crippen molar-refractivity contribution in [3.63, 3.8) is 0 Å². The van der Waals surface area contributed by atoms with E-state index in [1.54, 1.807) is 0 Å². The van der Waals surface area contributed by atoms with E-state index in [2.05, 4.69) is 0 Å². The van der Waals surface area contributed by atoms with Crippen molar-refractivity contribution in [2.45, 2.75) is 0 Å². The molecule has 0 aliphatic heterocycles. The molecule has 0 atom stereocenters. The molecule has 1 aliphatic rings. The Labute approximate surface area is 257 Å². The molecule has 0 amide bonds. The highest BCUT2D eigenvalue weighted by Gasteiger charge is 2.46. The summed E-state index contributed by atoms with van der Waals surface area (Å²) in [6, 6.07) is 4.31. The maximum absolute atomic E-state index is 15.0. The second-order valence-electron chi connectivity index (χ2n) is 8.77. The molecule has 232 valence electrons. The fraction of sp³-hybridized carbons (Fsp3) is 0. The lowest BCUT2D eigenvalue weighted by molar-refractivity contribution is 0.446. The molecule has 0 bridgehead atoms. The molecule has 0 aromatic heterocycles. The first-order chi connectivity index (χ1) is 22.1. The third kappa shape index (κ3) is 4.71. The van der Waals surface area contributed by atoms with Gasteiger partial charge in [-0.3, -0.25) is 0 Å². The van der Waals surface area contributed by atoms with Crippen molar-refractivity contribution in [2.24, 2.45) is 0 Å². The van der Waals surface area contributed by atoms with Crippen LogP contribution in [0.2, 0.25) is 0 Å². The van der Waals surface area contributed by atoms with Gasteiger partial charge in [-0.2, -0.15) is 26.3 Å². The van der Waals surface area contributed by atoms with Crippen LogP contribution in [0.25, 0.3) is 16.2 Å². The first kappa shape index (κ1) is 33.7. The van der Waals surface area contributed by atoms with Gasteiger partial charge in [-0.15, -0.1) is 0 Å². The predicted octanol–water partition coefficient (Wildman–Crippen LogP) is 7.89. The minimum Gasteiger partial charge on any atom is -0.203 e. The van der Waals surface area contributed by atoms with Gasteiger partial charge in [-0.05, 0) is 0 Å². The van der Waals surface area contributed by atoms with Crippen molar-refractivity contribution < 1.29 is 52.7 Å². The maximum Gasteiger partial charge on any atom is 0.180 e. The van der Waals surface area contributed by atoms with E-state index in [1.165, 1.54) is 0 Å². The van der Waals surface area contributed by atoms with Gasteiger partial charge in [0, 0.05) is 16.7 Å². The van der Waals surface area contributed by atoms with Crippen molar-refractivity contribution >= 4 is 27.8 Å². The molecule has 0 heterocycles. The highest BCUT2D eigenvalue weighted by molar-refractivity contribution is 6.51. The van der Waals surface area contributed by atoms with E-state index in [1.807, 2.05) is 0 Å². The Morgan fingerprint density at radius 2 is 0.596 bits per heavy atom. The van der Waals surface area contributed by atoms with Gasteiger partial charge in [0.05, 0.1) is 32.9 Å². The zero-order valence-corrected chi connectivity index (χ0v) is 22.4. The van der Waals surface area contributed by atoms with Gasteiger partial charge >= 0.3 is 0 Å². The number of nitrogens with zero attached hydrogens (tertiary/aromatic N) is 5. The molecular formula is C29ClF12N5. The zero-order chi connectivity index (χ0) is 35.4. The molecule has 0 spiro atoms. The number of hydrogen-bond acceptors (Lipinski definition) is 5. The highest BCUT2D eigenvalue weighted by atomic mass is 35.5. The molecule has 0 saturated heterocycles. The van der Waals surface area contributed by atoms with Crippen molar-refractivity contribution in [2.75, 3.05) is 0 Å². The van der Waals surface area contributed by atoms with E-state index < -0.39 is 136 Å². The van der Waals surface area contributed by atoms with Gasteiger partial charge in [0.15, 0.2) is 69.8 Å². The predicted molar refractivity (Wildman–Crippen MR) is 131 cm³/mol. The van der Waals surface area contributed by atoms with Gasteiger partial charge in [-0.1, -0.05) is 11.6 Å². The molecule has 0 radical (unpaired) electrons. The third-order valence-electron chi connectivity index (χ3n) is 6.48. The number of allylic oxidation sites excluding steroid dienone is 5. The smallest absolute Gasteiger partial charge is 0.180 e. The van der Waals surface area contributed by atoms with Crippen molar-refractivity contribution in [1.82, 2.24) is 0 Å². The van der Waals surface area contributed by atoms with Crippen LogP contribution in [0.4, 0.5) is 52.7 Å². The van der Waals surface area contributed by atoms with Crippen LogP contribution in [0, 0.1) is 126 Å². The van der Waals surface area contributed by atoms with E-state index >= 15 is 0 Å². The first-order valence-electron chi connectivity index (χ1n) is 11.6. The molecule has 3 aromatic rings. The Bertz CT molecular complexity index is 2140. The second-order valence-corrected chi connectivity index (χ2v) is 9.14. The summed E-state index contributed by atoms with van der Waals surface area (Å²) in [5.74, 6) is -29.3. The van der Waals surface area contributed by atoms with E-state index in [0.29, 0.717) is 0 Å². The number of nitriles is 5. The quantitative estimate of drug-likeness (QED) is 0.158. The minimum atomic E-state index is -2.50. The average Bonchev–Trinajstić information content (AvgIpc) is 3.77. The van der Waals surface area contributed by atoms with E-state index in [-0.39, 0.29) is 0 Å². The summed E-state index contributed by atoms with van der Waals surface area (Å²) in [6.07, 6.45) is 0. The topological polar surface area (TPSA) is 119 Å². The summed E-state index contributed by atoms with van der Waals surface area (Å²) in [6.45, 7) is 0. The lowest BCUT2D eigenvalue weighted by Crippen LogP contribution is -2.06. The summed E-state index contributed by atoms with van der Waals surface area (Å²) in [7, 11) is 0. The number of rotatable bonds is 3. The van der Waals surface area contributed by atoms with Crippen molar-refractivity contribution in [3.8, 4) is 30.3 Å². The molecule has 1 aliphatic carbocycles. The molecule has 5 nitrogen and oxygen atoms in total. The fourth-order valence-corrected chi connectivity index (χ4v) is 4.68. The molecule has 4 rings (SSSR count). The van der Waals surface area contributed by atoms with Gasteiger partial charge < -0.3 is 0 Å². The van der Waals surface area contributed by atoms with Crippen molar-refractivity contribution in [3.05, 3.63) is 120 Å². The molecule has 1 saturated carbocycles. The van der Waals surface area contributed by atoms with Crippen LogP contribution < -0.4 is 0 Å². The summed E-state index contributed by atoms with van der Waals surface area (Å²) < 4.78 is 176. The highest BCUT2D eigenvalue weighted by Crippen LogP contribution is 2.58.